The summed E-state index contributed by atoms with van der Waals surface area (Å²) in [6, 6.07) is 16.0. The van der Waals surface area contributed by atoms with Gasteiger partial charge in [-0.25, -0.2) is 0 Å². The van der Waals surface area contributed by atoms with Crippen molar-refractivity contribution in [2.24, 2.45) is 5.34 Å². The summed E-state index contributed by atoms with van der Waals surface area (Å²) >= 11 is 0. The number of hydrogen-bond acceptors (Lipinski definition) is 5. The van der Waals surface area contributed by atoms with Gasteiger partial charge in [0.2, 0.25) is 0 Å². The largest absolute Gasteiger partial charge is 0.516 e. The van der Waals surface area contributed by atoms with Crippen LogP contribution in [0.25, 0.3) is 17.2 Å². The zero-order valence-corrected chi connectivity index (χ0v) is 16.1. The predicted octanol–water partition coefficient (Wildman–Crippen LogP) is 6.55. The first-order chi connectivity index (χ1) is 13.3. The molecule has 0 unspecified atom stereocenters. The first-order valence-corrected chi connectivity index (χ1v) is 9.42. The summed E-state index contributed by atoms with van der Waals surface area (Å²) in [5.74, 6) is 0.858. The van der Waals surface area contributed by atoms with Crippen LogP contribution in [0.4, 0.5) is 0 Å². The molecule has 0 saturated carbocycles. The molecule has 0 atom stereocenters. The van der Waals surface area contributed by atoms with Crippen molar-refractivity contribution in [2.45, 2.75) is 39.5 Å². The van der Waals surface area contributed by atoms with Gasteiger partial charge in [-0.15, -0.1) is 4.91 Å². The van der Waals surface area contributed by atoms with Crippen LogP contribution in [0, 0.1) is 4.91 Å². The molecule has 0 bridgehead atoms. The van der Waals surface area contributed by atoms with Crippen LogP contribution in [-0.2, 0) is 4.84 Å². The van der Waals surface area contributed by atoms with Gasteiger partial charge in [0.15, 0.2) is 5.34 Å². The lowest BCUT2D eigenvalue weighted by molar-refractivity contribution is 0.134. The summed E-state index contributed by atoms with van der Waals surface area (Å²) < 4.78 is 5.74. The van der Waals surface area contributed by atoms with Gasteiger partial charge in [-0.3, -0.25) is 0 Å². The number of hydrogen-bond donors (Lipinski definition) is 1. The Morgan fingerprint density at radius 1 is 0.852 bits per heavy atom. The molecular weight excluding hydrogens is 342 g/mol. The van der Waals surface area contributed by atoms with E-state index in [2.05, 4.69) is 10.2 Å². The van der Waals surface area contributed by atoms with E-state index in [9.17, 15) is 4.91 Å². The predicted molar refractivity (Wildman–Crippen MR) is 111 cm³/mol. The minimum Gasteiger partial charge on any atom is -0.516 e. The van der Waals surface area contributed by atoms with Crippen molar-refractivity contribution < 1.29 is 14.7 Å². The maximum absolute atomic E-state index is 9.75. The molecule has 5 heteroatoms. The van der Waals surface area contributed by atoms with Crippen molar-refractivity contribution in [1.82, 2.24) is 0 Å². The highest BCUT2D eigenvalue weighted by atomic mass is 16.7. The Morgan fingerprint density at radius 2 is 1.41 bits per heavy atom. The number of ether oxygens (including phenoxy) is 1. The van der Waals surface area contributed by atoms with Crippen LogP contribution in [0.2, 0.25) is 0 Å². The molecule has 27 heavy (non-hydrogen) atoms. The summed E-state index contributed by atoms with van der Waals surface area (Å²) in [7, 11) is 0. The Morgan fingerprint density at radius 3 is 1.96 bits per heavy atom. The highest BCUT2D eigenvalue weighted by Crippen LogP contribution is 2.23. The van der Waals surface area contributed by atoms with Gasteiger partial charge in [-0.1, -0.05) is 50.2 Å². The maximum Gasteiger partial charge on any atom is 0.155 e. The van der Waals surface area contributed by atoms with Crippen LogP contribution < -0.4 is 4.74 Å². The zero-order chi connectivity index (χ0) is 19.7. The fraction of sp³-hybridized carbons (Fsp3) is 0.364. The van der Waals surface area contributed by atoms with Crippen LogP contribution in [0.1, 0.15) is 45.1 Å². The molecule has 146 valence electrons. The third-order valence-electron chi connectivity index (χ3n) is 3.82. The van der Waals surface area contributed by atoms with Gasteiger partial charge >= 0.3 is 0 Å². The van der Waals surface area contributed by atoms with E-state index in [1.807, 2.05) is 62.4 Å². The SMILES string of the molecule is CC.O=NOCCCCCCOc1ccc(-c2ccc(/C=C/O)cc2)cc1. The molecule has 0 aromatic heterocycles. The van der Waals surface area contributed by atoms with Crippen LogP contribution in [0.5, 0.6) is 5.75 Å². The third kappa shape index (κ3) is 8.90. The molecule has 0 heterocycles. The fourth-order valence-corrected chi connectivity index (χ4v) is 2.47. The van der Waals surface area contributed by atoms with Gasteiger partial charge in [0.05, 0.1) is 12.9 Å². The molecule has 0 spiro atoms. The van der Waals surface area contributed by atoms with Crippen molar-refractivity contribution in [3.8, 4) is 16.9 Å². The van der Waals surface area contributed by atoms with Crippen LogP contribution in [0.3, 0.4) is 0 Å². The molecular formula is C22H29NO4. The van der Waals surface area contributed by atoms with Gasteiger partial charge in [0, 0.05) is 0 Å². The van der Waals surface area contributed by atoms with Crippen molar-refractivity contribution in [2.75, 3.05) is 13.2 Å². The number of rotatable bonds is 11. The summed E-state index contributed by atoms with van der Waals surface area (Å²) in [6.45, 7) is 5.07. The third-order valence-corrected chi connectivity index (χ3v) is 3.82. The molecule has 1 N–H and O–H groups in total. The highest BCUT2D eigenvalue weighted by molar-refractivity contribution is 5.66. The van der Waals surface area contributed by atoms with Crippen molar-refractivity contribution in [3.05, 3.63) is 65.3 Å². The lowest BCUT2D eigenvalue weighted by Gasteiger charge is -2.08. The second kappa shape index (κ2) is 14.4. The van der Waals surface area contributed by atoms with Crippen LogP contribution in [-0.4, -0.2) is 18.3 Å². The molecule has 2 aromatic rings. The Kier molecular flexibility index (Phi) is 11.8. The van der Waals surface area contributed by atoms with Gasteiger partial charge in [-0.2, -0.15) is 0 Å². The minimum absolute atomic E-state index is 0.392. The van der Waals surface area contributed by atoms with Crippen molar-refractivity contribution in [3.63, 3.8) is 0 Å². The fourth-order valence-electron chi connectivity index (χ4n) is 2.47. The average molecular weight is 371 g/mol. The average Bonchev–Trinajstić information content (AvgIpc) is 2.73. The van der Waals surface area contributed by atoms with E-state index in [1.165, 1.54) is 0 Å². The smallest absolute Gasteiger partial charge is 0.155 e. The van der Waals surface area contributed by atoms with E-state index >= 15 is 0 Å². The first-order valence-electron chi connectivity index (χ1n) is 9.42. The molecule has 2 rings (SSSR count). The lowest BCUT2D eigenvalue weighted by Crippen LogP contribution is -1.97. The zero-order valence-electron chi connectivity index (χ0n) is 16.1. The van der Waals surface area contributed by atoms with E-state index in [1.54, 1.807) is 6.08 Å². The summed E-state index contributed by atoms with van der Waals surface area (Å²) in [5.41, 5.74) is 3.20. The topological polar surface area (TPSA) is 68.1 Å². The molecule has 0 aliphatic rings. The normalized spacial score (nSPS) is 10.1. The highest BCUT2D eigenvalue weighted by Gasteiger charge is 1.99. The maximum atomic E-state index is 9.75. The van der Waals surface area contributed by atoms with E-state index in [-0.39, 0.29) is 0 Å². The first kappa shape index (κ1) is 22.2. The number of aliphatic hydroxyl groups is 1. The number of benzene rings is 2. The molecule has 0 radical (unpaired) electrons. The summed E-state index contributed by atoms with van der Waals surface area (Å²) in [5, 5.41) is 11.1. The van der Waals surface area contributed by atoms with E-state index in [0.717, 1.165) is 54.4 Å². The van der Waals surface area contributed by atoms with Gasteiger partial charge in [0.1, 0.15) is 12.4 Å². The number of aliphatic hydroxyl groups excluding tert-OH is 1. The van der Waals surface area contributed by atoms with Crippen LogP contribution in [0.15, 0.2) is 60.1 Å². The van der Waals surface area contributed by atoms with Crippen LogP contribution >= 0.6 is 0 Å². The van der Waals surface area contributed by atoms with E-state index in [0.29, 0.717) is 13.2 Å². The Hall–Kier alpha value is -2.82. The quantitative estimate of drug-likeness (QED) is 0.210. The summed E-state index contributed by atoms with van der Waals surface area (Å²) in [6.07, 6.45) is 6.53. The van der Waals surface area contributed by atoms with Gasteiger partial charge in [-0.05, 0) is 60.6 Å². The Balaban J connectivity index is 0.00000176. The Labute approximate surface area is 161 Å². The second-order valence-corrected chi connectivity index (χ2v) is 5.63. The van der Waals surface area contributed by atoms with E-state index in [4.69, 9.17) is 9.84 Å². The second-order valence-electron chi connectivity index (χ2n) is 5.63. The molecule has 0 aliphatic carbocycles. The van der Waals surface area contributed by atoms with Crippen molar-refractivity contribution in [1.29, 1.82) is 0 Å². The minimum atomic E-state index is 0.392. The molecule has 0 aliphatic heterocycles. The lowest BCUT2D eigenvalue weighted by atomic mass is 10.0. The van der Waals surface area contributed by atoms with Crippen molar-refractivity contribution >= 4 is 6.08 Å². The van der Waals surface area contributed by atoms with Gasteiger partial charge in [0.25, 0.3) is 0 Å². The molecule has 5 nitrogen and oxygen atoms in total. The number of unbranched alkanes of at least 4 members (excludes halogenated alkanes) is 3. The van der Waals surface area contributed by atoms with E-state index < -0.39 is 0 Å². The Bertz CT molecular complexity index is 651. The standard InChI is InChI=1S/C20H23NO4.C2H6/c22-14-13-17-5-7-18(8-6-17)19-9-11-20(12-10-19)24-15-3-1-2-4-16-25-21-23;1-2/h5-14,22H,1-4,15-16H2;1-2H3/b14-13+;. The molecule has 0 saturated heterocycles. The number of nitrogens with zero attached hydrogens (tertiary/aromatic N) is 1. The monoisotopic (exact) mass is 371 g/mol. The molecule has 2 aromatic carbocycles. The summed E-state index contributed by atoms with van der Waals surface area (Å²) in [4.78, 5) is 14.1. The molecule has 0 fully saturated rings. The van der Waals surface area contributed by atoms with Gasteiger partial charge < -0.3 is 14.7 Å². The molecule has 0 amide bonds.